The number of H-pyrrole nitrogens is 1. The van der Waals surface area contributed by atoms with Gasteiger partial charge in [-0.3, -0.25) is 23.7 Å². The third-order valence-corrected chi connectivity index (χ3v) is 8.01. The highest BCUT2D eigenvalue weighted by atomic mass is 16.5. The average molecular weight is 690 g/mol. The molecule has 0 saturated heterocycles. The van der Waals surface area contributed by atoms with Gasteiger partial charge in [-0.15, -0.1) is 0 Å². The first-order chi connectivity index (χ1) is 24.3. The van der Waals surface area contributed by atoms with Crippen LogP contribution in [0, 0.1) is 6.92 Å². The number of aromatic nitrogens is 6. The molecule has 0 unspecified atom stereocenters. The molecule has 13 nitrogen and oxygen atoms in total. The Morgan fingerprint density at radius 1 is 0.686 bits per heavy atom. The Hall–Kier alpha value is -6.60. The fourth-order valence-electron chi connectivity index (χ4n) is 5.61. The van der Waals surface area contributed by atoms with Gasteiger partial charge >= 0.3 is 0 Å². The molecule has 0 radical (unpaired) electrons. The van der Waals surface area contributed by atoms with Gasteiger partial charge in [0.15, 0.2) is 24.7 Å². The van der Waals surface area contributed by atoms with Crippen molar-refractivity contribution >= 4 is 40.7 Å². The van der Waals surface area contributed by atoms with E-state index in [1.165, 1.54) is 5.56 Å². The number of carbonyl (C=O) groups is 3. The van der Waals surface area contributed by atoms with Gasteiger partial charge in [0.05, 0.1) is 32.4 Å². The summed E-state index contributed by atoms with van der Waals surface area (Å²) in [5.41, 5.74) is 8.58. The molecule has 51 heavy (non-hydrogen) atoms. The van der Waals surface area contributed by atoms with Crippen LogP contribution in [0.5, 0.6) is 17.2 Å². The molecule has 0 bridgehead atoms. The molecule has 7 rings (SSSR count). The summed E-state index contributed by atoms with van der Waals surface area (Å²) in [6, 6.07) is 24.1. The second kappa shape index (κ2) is 16.7. The number of methoxy groups -OCH3 is 3. The molecule has 0 aliphatic carbocycles. The van der Waals surface area contributed by atoms with Crippen LogP contribution in [0.25, 0.3) is 55.6 Å². The standard InChI is InChI=1S/C19H18N4O.C17H16N2O3.C2H2O2.H3N/c1-12-4-6-14(17(10-12)24-3)13-5-7-15-16(11-13)23(2)22-18(15)19-20-8-9-21-19;1-19-16-8-11(4-6-14(16)15(10-20)18-19)13-7-5-12(21-2)9-17(13)22-3;3-1-2-4;/h4-11H,1-3H3,(H,20,21);4-10H,1-3H3;1-2H;1H3. The molecule has 0 fully saturated rings. The number of nitrogens with zero attached hydrogens (tertiary/aromatic N) is 5. The van der Waals surface area contributed by atoms with Crippen molar-refractivity contribution in [2.24, 2.45) is 14.1 Å². The smallest absolute Gasteiger partial charge is 0.182 e. The highest BCUT2D eigenvalue weighted by Crippen LogP contribution is 2.36. The third-order valence-electron chi connectivity index (χ3n) is 8.01. The molecule has 3 heterocycles. The fourth-order valence-corrected chi connectivity index (χ4v) is 5.61. The lowest BCUT2D eigenvalue weighted by Crippen LogP contribution is -1.92. The number of aldehydes is 3. The maximum Gasteiger partial charge on any atom is 0.182 e. The number of aromatic amines is 1. The van der Waals surface area contributed by atoms with Gasteiger partial charge in [0.1, 0.15) is 28.6 Å². The number of aryl methyl sites for hydroxylation is 3. The Morgan fingerprint density at radius 2 is 1.27 bits per heavy atom. The molecule has 3 aromatic heterocycles. The van der Waals surface area contributed by atoms with Gasteiger partial charge in [-0.2, -0.15) is 10.2 Å². The maximum atomic E-state index is 11.0. The number of imidazole rings is 1. The van der Waals surface area contributed by atoms with Crippen molar-refractivity contribution in [1.82, 2.24) is 35.7 Å². The van der Waals surface area contributed by atoms with E-state index in [0.717, 1.165) is 79.1 Å². The Bertz CT molecular complexity index is 2280. The molecule has 0 amide bonds. The molecule has 0 saturated carbocycles. The summed E-state index contributed by atoms with van der Waals surface area (Å²) >= 11 is 0. The van der Waals surface area contributed by atoms with Gasteiger partial charge in [0.2, 0.25) is 0 Å². The van der Waals surface area contributed by atoms with E-state index in [0.29, 0.717) is 5.69 Å². The number of benzene rings is 4. The van der Waals surface area contributed by atoms with E-state index in [4.69, 9.17) is 23.8 Å². The van der Waals surface area contributed by atoms with Gasteiger partial charge in [0, 0.05) is 54.5 Å². The monoisotopic (exact) mass is 689 g/mol. The molecule has 262 valence electrons. The molecule has 4 N–H and O–H groups in total. The van der Waals surface area contributed by atoms with Crippen molar-refractivity contribution in [3.63, 3.8) is 0 Å². The number of ether oxygens (including phenoxy) is 3. The minimum atomic E-state index is 0. The lowest BCUT2D eigenvalue weighted by atomic mass is 10.0. The van der Waals surface area contributed by atoms with E-state index in [2.05, 4.69) is 63.5 Å². The third kappa shape index (κ3) is 7.84. The Morgan fingerprint density at radius 3 is 1.84 bits per heavy atom. The summed E-state index contributed by atoms with van der Waals surface area (Å²) in [7, 11) is 8.73. The van der Waals surface area contributed by atoms with E-state index in [1.807, 2.05) is 55.2 Å². The Kier molecular flexibility index (Phi) is 12.2. The van der Waals surface area contributed by atoms with Gasteiger partial charge in [0.25, 0.3) is 0 Å². The van der Waals surface area contributed by atoms with E-state index in [-0.39, 0.29) is 18.7 Å². The Labute approximate surface area is 294 Å². The van der Waals surface area contributed by atoms with Crippen molar-refractivity contribution in [2.75, 3.05) is 21.3 Å². The molecule has 0 atom stereocenters. The zero-order valence-corrected chi connectivity index (χ0v) is 29.2. The van der Waals surface area contributed by atoms with Crippen LogP contribution in [0.4, 0.5) is 0 Å². The highest BCUT2D eigenvalue weighted by molar-refractivity contribution is 6.09. The number of hydrogen-bond donors (Lipinski definition) is 2. The van der Waals surface area contributed by atoms with Gasteiger partial charge < -0.3 is 25.3 Å². The van der Waals surface area contributed by atoms with Crippen LogP contribution in [0.3, 0.4) is 0 Å². The first kappa shape index (κ1) is 37.2. The van der Waals surface area contributed by atoms with E-state index in [9.17, 15) is 4.79 Å². The van der Waals surface area contributed by atoms with E-state index < -0.39 is 0 Å². The quantitative estimate of drug-likeness (QED) is 0.131. The van der Waals surface area contributed by atoms with E-state index >= 15 is 0 Å². The summed E-state index contributed by atoms with van der Waals surface area (Å²) < 4.78 is 19.8. The summed E-state index contributed by atoms with van der Waals surface area (Å²) in [5.74, 6) is 3.13. The normalized spacial score (nSPS) is 10.2. The first-order valence-electron chi connectivity index (χ1n) is 15.4. The van der Waals surface area contributed by atoms with Crippen molar-refractivity contribution in [1.29, 1.82) is 0 Å². The maximum absolute atomic E-state index is 11.0. The van der Waals surface area contributed by atoms with E-state index in [1.54, 1.807) is 38.4 Å². The van der Waals surface area contributed by atoms with Gasteiger partial charge in [-0.1, -0.05) is 24.3 Å². The lowest BCUT2D eigenvalue weighted by molar-refractivity contribution is -0.122. The second-order valence-electron chi connectivity index (χ2n) is 11.0. The molecule has 0 spiro atoms. The molecule has 4 aromatic carbocycles. The lowest BCUT2D eigenvalue weighted by Gasteiger charge is -2.11. The number of fused-ring (bicyclic) bond motifs is 2. The SMILES string of the molecule is COc1cc(C)ccc1-c1ccc2c(-c3ncc[nH]3)nn(C)c2c1.COc1ccc(-c2ccc3c(C=O)nn(C)c3c2)c(OC)c1.N.O=CC=O. The first-order valence-corrected chi connectivity index (χ1v) is 15.4. The molecule has 13 heteroatoms. The topological polar surface area (TPSA) is 178 Å². The van der Waals surface area contributed by atoms with Crippen molar-refractivity contribution in [3.05, 3.63) is 96.4 Å². The van der Waals surface area contributed by atoms with Gasteiger partial charge in [-0.25, -0.2) is 4.98 Å². The summed E-state index contributed by atoms with van der Waals surface area (Å²) in [4.78, 5) is 36.1. The molecular formula is C38H39N7O6. The van der Waals surface area contributed by atoms with Crippen LogP contribution in [0.15, 0.2) is 85.2 Å². The summed E-state index contributed by atoms with van der Waals surface area (Å²) in [6.07, 6.45) is 4.71. The number of carbonyl (C=O) groups excluding carboxylic acids is 3. The number of rotatable bonds is 8. The molecule has 0 aliphatic rings. The molecule has 0 aliphatic heterocycles. The predicted octanol–water partition coefficient (Wildman–Crippen LogP) is 6.56. The second-order valence-corrected chi connectivity index (χ2v) is 11.0. The summed E-state index contributed by atoms with van der Waals surface area (Å²) in [6.45, 7) is 2.06. The van der Waals surface area contributed by atoms with Crippen LogP contribution in [0.2, 0.25) is 0 Å². The van der Waals surface area contributed by atoms with Crippen LogP contribution in [0.1, 0.15) is 16.1 Å². The van der Waals surface area contributed by atoms with Crippen molar-refractivity contribution in [3.8, 4) is 51.0 Å². The number of hydrogen-bond acceptors (Lipinski definition) is 10. The number of nitrogens with one attached hydrogen (secondary N) is 1. The predicted molar refractivity (Wildman–Crippen MR) is 197 cm³/mol. The average Bonchev–Trinajstić information content (AvgIpc) is 3.89. The van der Waals surface area contributed by atoms with Crippen LogP contribution < -0.4 is 20.4 Å². The molecule has 7 aromatic rings. The van der Waals surface area contributed by atoms with Gasteiger partial charge in [-0.05, 0) is 66.1 Å². The zero-order valence-electron chi connectivity index (χ0n) is 29.2. The Balaban J connectivity index is 0.000000204. The van der Waals surface area contributed by atoms with Crippen LogP contribution in [-0.2, 0) is 23.7 Å². The minimum absolute atomic E-state index is 0. The van der Waals surface area contributed by atoms with Crippen LogP contribution in [-0.4, -0.2) is 69.7 Å². The highest BCUT2D eigenvalue weighted by Gasteiger charge is 2.15. The molecular weight excluding hydrogens is 650 g/mol. The van der Waals surface area contributed by atoms with Crippen molar-refractivity contribution < 1.29 is 28.6 Å². The summed E-state index contributed by atoms with van der Waals surface area (Å²) in [5, 5.41) is 10.7. The van der Waals surface area contributed by atoms with Crippen molar-refractivity contribution in [2.45, 2.75) is 6.92 Å². The van der Waals surface area contributed by atoms with Crippen LogP contribution >= 0.6 is 0 Å². The fraction of sp³-hybridized carbons (Fsp3) is 0.158. The zero-order chi connectivity index (χ0) is 35.8. The minimum Gasteiger partial charge on any atom is -0.497 e. The largest absolute Gasteiger partial charge is 0.497 e.